The largest absolute Gasteiger partial charge is 0.497 e. The SMILES string of the molecule is COc1cccc(-c2nnc3ccc(OCCNC(=O)Cn4cnc(C)cc4=O)nn23)c1. The van der Waals surface area contributed by atoms with E-state index in [9.17, 15) is 9.59 Å². The van der Waals surface area contributed by atoms with Crippen LogP contribution in [0.5, 0.6) is 11.6 Å². The van der Waals surface area contributed by atoms with Crippen LogP contribution in [0.15, 0.2) is 53.6 Å². The smallest absolute Gasteiger partial charge is 0.253 e. The molecule has 0 unspecified atom stereocenters. The molecule has 4 rings (SSSR count). The van der Waals surface area contributed by atoms with E-state index in [-0.39, 0.29) is 31.2 Å². The summed E-state index contributed by atoms with van der Waals surface area (Å²) in [5.74, 6) is 1.29. The summed E-state index contributed by atoms with van der Waals surface area (Å²) in [5, 5.41) is 15.5. The van der Waals surface area contributed by atoms with E-state index in [0.717, 1.165) is 5.56 Å². The second-order valence-corrected chi connectivity index (χ2v) is 6.89. The number of amides is 1. The van der Waals surface area contributed by atoms with Gasteiger partial charge in [-0.25, -0.2) is 4.98 Å². The van der Waals surface area contributed by atoms with Crippen LogP contribution in [0, 0.1) is 6.92 Å². The molecule has 4 aromatic rings. The van der Waals surface area contributed by atoms with Crippen LogP contribution >= 0.6 is 0 Å². The molecule has 164 valence electrons. The summed E-state index contributed by atoms with van der Waals surface area (Å²) in [5.41, 5.74) is 1.70. The Hall–Kier alpha value is -4.28. The van der Waals surface area contributed by atoms with Gasteiger partial charge in [0, 0.05) is 23.4 Å². The summed E-state index contributed by atoms with van der Waals surface area (Å²) in [4.78, 5) is 27.9. The average molecular weight is 435 g/mol. The molecule has 11 heteroatoms. The number of fused-ring (bicyclic) bond motifs is 1. The molecule has 3 heterocycles. The maximum atomic E-state index is 12.1. The second kappa shape index (κ2) is 9.25. The van der Waals surface area contributed by atoms with Gasteiger partial charge in [-0.15, -0.1) is 15.3 Å². The number of hydrogen-bond donors (Lipinski definition) is 1. The fourth-order valence-corrected chi connectivity index (χ4v) is 2.98. The minimum Gasteiger partial charge on any atom is -0.497 e. The van der Waals surface area contributed by atoms with Crippen LogP contribution in [0.1, 0.15) is 5.69 Å². The van der Waals surface area contributed by atoms with Gasteiger partial charge in [-0.2, -0.15) is 4.52 Å². The van der Waals surface area contributed by atoms with E-state index < -0.39 is 0 Å². The predicted molar refractivity (Wildman–Crippen MR) is 115 cm³/mol. The van der Waals surface area contributed by atoms with Crippen molar-refractivity contribution in [1.82, 2.24) is 34.7 Å². The molecule has 0 fully saturated rings. The number of hydrogen-bond acceptors (Lipinski definition) is 8. The minimum absolute atomic E-state index is 0.110. The van der Waals surface area contributed by atoms with Crippen LogP contribution < -0.4 is 20.3 Å². The van der Waals surface area contributed by atoms with Crippen LogP contribution in [-0.2, 0) is 11.3 Å². The lowest BCUT2D eigenvalue weighted by Gasteiger charge is -2.09. The van der Waals surface area contributed by atoms with Gasteiger partial charge in [-0.3, -0.25) is 14.2 Å². The molecule has 1 aromatic carbocycles. The maximum Gasteiger partial charge on any atom is 0.253 e. The third-order valence-electron chi connectivity index (χ3n) is 4.57. The Morgan fingerprint density at radius 2 is 2.03 bits per heavy atom. The molecule has 0 aliphatic rings. The van der Waals surface area contributed by atoms with Gasteiger partial charge in [-0.05, 0) is 25.1 Å². The molecule has 0 atom stereocenters. The van der Waals surface area contributed by atoms with Crippen LogP contribution in [-0.4, -0.2) is 55.5 Å². The van der Waals surface area contributed by atoms with Crippen molar-refractivity contribution in [1.29, 1.82) is 0 Å². The lowest BCUT2D eigenvalue weighted by molar-refractivity contribution is -0.121. The van der Waals surface area contributed by atoms with E-state index in [1.165, 1.54) is 17.0 Å². The number of methoxy groups -OCH3 is 1. The molecular formula is C21H21N7O4. The van der Waals surface area contributed by atoms with Crippen LogP contribution in [0.2, 0.25) is 0 Å². The second-order valence-electron chi connectivity index (χ2n) is 6.89. The van der Waals surface area contributed by atoms with Gasteiger partial charge in [0.15, 0.2) is 11.5 Å². The highest BCUT2D eigenvalue weighted by Gasteiger charge is 2.11. The van der Waals surface area contributed by atoms with Gasteiger partial charge < -0.3 is 14.8 Å². The molecule has 0 saturated carbocycles. The first kappa shape index (κ1) is 21.0. The molecule has 11 nitrogen and oxygen atoms in total. The van der Waals surface area contributed by atoms with E-state index in [2.05, 4.69) is 25.6 Å². The number of carbonyl (C=O) groups excluding carboxylic acids is 1. The van der Waals surface area contributed by atoms with Gasteiger partial charge in [-0.1, -0.05) is 12.1 Å². The lowest BCUT2D eigenvalue weighted by Crippen LogP contribution is -2.34. The third kappa shape index (κ3) is 4.72. The minimum atomic E-state index is -0.316. The average Bonchev–Trinajstić information content (AvgIpc) is 3.22. The number of benzene rings is 1. The third-order valence-corrected chi connectivity index (χ3v) is 4.57. The lowest BCUT2D eigenvalue weighted by atomic mass is 10.2. The zero-order valence-electron chi connectivity index (χ0n) is 17.6. The van der Waals surface area contributed by atoms with Crippen molar-refractivity contribution in [3.8, 4) is 23.0 Å². The van der Waals surface area contributed by atoms with Crippen molar-refractivity contribution in [3.63, 3.8) is 0 Å². The van der Waals surface area contributed by atoms with E-state index in [1.807, 2.05) is 24.3 Å². The zero-order chi connectivity index (χ0) is 22.5. The molecule has 0 saturated heterocycles. The predicted octanol–water partition coefficient (Wildman–Crippen LogP) is 0.860. The number of ether oxygens (including phenoxy) is 2. The first-order chi connectivity index (χ1) is 15.5. The van der Waals surface area contributed by atoms with Crippen molar-refractivity contribution in [2.45, 2.75) is 13.5 Å². The number of aryl methyl sites for hydroxylation is 1. The van der Waals surface area contributed by atoms with E-state index >= 15 is 0 Å². The van der Waals surface area contributed by atoms with Gasteiger partial charge in [0.1, 0.15) is 18.9 Å². The fourth-order valence-electron chi connectivity index (χ4n) is 2.98. The highest BCUT2D eigenvalue weighted by Crippen LogP contribution is 2.23. The number of rotatable bonds is 8. The Kier molecular flexibility index (Phi) is 6.06. The quantitative estimate of drug-likeness (QED) is 0.404. The van der Waals surface area contributed by atoms with Crippen LogP contribution in [0.25, 0.3) is 17.0 Å². The summed E-state index contributed by atoms with van der Waals surface area (Å²) >= 11 is 0. The van der Waals surface area contributed by atoms with Gasteiger partial charge in [0.05, 0.1) is 20.0 Å². The first-order valence-electron chi connectivity index (χ1n) is 9.83. The van der Waals surface area contributed by atoms with Crippen molar-refractivity contribution in [2.24, 2.45) is 0 Å². The summed E-state index contributed by atoms with van der Waals surface area (Å²) in [6.07, 6.45) is 1.35. The monoisotopic (exact) mass is 435 g/mol. The molecule has 32 heavy (non-hydrogen) atoms. The topological polar surface area (TPSA) is 126 Å². The van der Waals surface area contributed by atoms with Gasteiger partial charge in [0.2, 0.25) is 11.8 Å². The number of aromatic nitrogens is 6. The molecular weight excluding hydrogens is 414 g/mol. The number of carbonyl (C=O) groups is 1. The standard InChI is InChI=1S/C21H21N7O4/c1-14-10-20(30)27(13-23-14)12-18(29)22-8-9-32-19-7-6-17-24-25-21(28(17)26-19)15-4-3-5-16(11-15)31-2/h3-7,10-11,13H,8-9,12H2,1-2H3,(H,22,29). The highest BCUT2D eigenvalue weighted by molar-refractivity contribution is 5.75. The molecule has 0 bridgehead atoms. The Balaban J connectivity index is 1.36. The molecule has 0 aliphatic heterocycles. The Bertz CT molecular complexity index is 1310. The highest BCUT2D eigenvalue weighted by atomic mass is 16.5. The molecule has 3 aromatic heterocycles. The first-order valence-corrected chi connectivity index (χ1v) is 9.83. The van der Waals surface area contributed by atoms with Crippen LogP contribution in [0.4, 0.5) is 0 Å². The molecule has 1 amide bonds. The van der Waals surface area contributed by atoms with E-state index in [4.69, 9.17) is 9.47 Å². The Morgan fingerprint density at radius 3 is 2.84 bits per heavy atom. The Morgan fingerprint density at radius 1 is 1.16 bits per heavy atom. The molecule has 0 spiro atoms. The van der Waals surface area contributed by atoms with Crippen molar-refractivity contribution < 1.29 is 14.3 Å². The summed E-state index contributed by atoms with van der Waals surface area (Å²) < 4.78 is 13.7. The summed E-state index contributed by atoms with van der Waals surface area (Å²) in [6, 6.07) is 12.2. The molecule has 0 aliphatic carbocycles. The van der Waals surface area contributed by atoms with Crippen LogP contribution in [0.3, 0.4) is 0 Å². The number of nitrogens with zero attached hydrogens (tertiary/aromatic N) is 6. The molecule has 1 N–H and O–H groups in total. The van der Waals surface area contributed by atoms with E-state index in [1.54, 1.807) is 30.7 Å². The zero-order valence-corrected chi connectivity index (χ0v) is 17.6. The number of nitrogens with one attached hydrogen (secondary N) is 1. The maximum absolute atomic E-state index is 12.1. The van der Waals surface area contributed by atoms with E-state index in [0.29, 0.717) is 28.8 Å². The van der Waals surface area contributed by atoms with Crippen molar-refractivity contribution >= 4 is 11.6 Å². The molecule has 0 radical (unpaired) electrons. The van der Waals surface area contributed by atoms with Gasteiger partial charge >= 0.3 is 0 Å². The van der Waals surface area contributed by atoms with Gasteiger partial charge in [0.25, 0.3) is 5.56 Å². The normalized spacial score (nSPS) is 10.8. The van der Waals surface area contributed by atoms with Crippen molar-refractivity contribution in [2.75, 3.05) is 20.3 Å². The summed E-state index contributed by atoms with van der Waals surface area (Å²) in [7, 11) is 1.60. The Labute approximate surface area is 182 Å². The summed E-state index contributed by atoms with van der Waals surface area (Å²) in [6.45, 7) is 2.05. The van der Waals surface area contributed by atoms with Crippen molar-refractivity contribution in [3.05, 3.63) is 64.8 Å². The fraction of sp³-hybridized carbons (Fsp3) is 0.238.